The fraction of sp³-hybridized carbons (Fsp3) is 0.0179. The third-order valence-corrected chi connectivity index (χ3v) is 12.8. The topological polar surface area (TPSA) is 35.2 Å². The van der Waals surface area contributed by atoms with Gasteiger partial charge in [0.15, 0.2) is 0 Å². The van der Waals surface area contributed by atoms with Gasteiger partial charge in [-0.25, -0.2) is 0 Å². The molecule has 8 heteroatoms. The number of aromatic nitrogens is 1. The minimum Gasteiger partial charge on any atom is -0.311 e. The first-order valence-corrected chi connectivity index (χ1v) is 21.2. The van der Waals surface area contributed by atoms with Gasteiger partial charge >= 0.3 is 6.18 Å². The number of benzene rings is 9. The zero-order valence-electron chi connectivity index (χ0n) is 34.1. The van der Waals surface area contributed by atoms with Crippen LogP contribution in [0.1, 0.15) is 11.1 Å². The van der Waals surface area contributed by atoms with Gasteiger partial charge in [0, 0.05) is 50.5 Å². The van der Waals surface area contributed by atoms with Gasteiger partial charge in [-0.1, -0.05) is 109 Å². The molecule has 2 aliphatic rings. The van der Waals surface area contributed by atoms with Crippen LogP contribution in [0.2, 0.25) is 0 Å². The van der Waals surface area contributed by atoms with Crippen molar-refractivity contribution < 1.29 is 13.2 Å². The number of para-hydroxylation sites is 5. The molecule has 12 rings (SSSR count). The Hall–Kier alpha value is -8.28. The highest BCUT2D eigenvalue weighted by molar-refractivity contribution is 7.00. The van der Waals surface area contributed by atoms with Gasteiger partial charge in [0.25, 0.3) is 6.71 Å². The number of fused-ring (bicyclic) bond motifs is 7. The van der Waals surface area contributed by atoms with E-state index >= 15 is 0 Å². The summed E-state index contributed by atoms with van der Waals surface area (Å²) in [5.41, 5.74) is 15.1. The molecular weight excluding hydrogens is 796 g/mol. The lowest BCUT2D eigenvalue weighted by atomic mass is 9.33. The Bertz CT molecular complexity index is 3430. The lowest BCUT2D eigenvalue weighted by Gasteiger charge is -2.44. The van der Waals surface area contributed by atoms with Gasteiger partial charge in [0.1, 0.15) is 0 Å². The third-order valence-electron chi connectivity index (χ3n) is 12.8. The number of rotatable bonds is 5. The quantitative estimate of drug-likeness (QED) is 0.162. The van der Waals surface area contributed by atoms with Crippen molar-refractivity contribution in [2.24, 2.45) is 0 Å². The number of hydrogen-bond donors (Lipinski definition) is 0. The van der Waals surface area contributed by atoms with Crippen LogP contribution in [-0.4, -0.2) is 11.3 Å². The second kappa shape index (κ2) is 14.4. The molecule has 0 N–H and O–H groups in total. The molecule has 10 aromatic rings. The predicted molar refractivity (Wildman–Crippen MR) is 255 cm³/mol. The zero-order chi connectivity index (χ0) is 43.1. The summed E-state index contributed by atoms with van der Waals surface area (Å²) in [5, 5.41) is 11.7. The maximum absolute atomic E-state index is 14.3. The van der Waals surface area contributed by atoms with Gasteiger partial charge < -0.3 is 14.4 Å². The van der Waals surface area contributed by atoms with E-state index in [1.54, 1.807) is 30.3 Å². The summed E-state index contributed by atoms with van der Waals surface area (Å²) >= 11 is 0. The minimum atomic E-state index is -4.56. The van der Waals surface area contributed by atoms with E-state index in [-0.39, 0.29) is 6.71 Å². The Morgan fingerprint density at radius 1 is 0.438 bits per heavy atom. The highest BCUT2D eigenvalue weighted by Gasteiger charge is 2.43. The van der Waals surface area contributed by atoms with Crippen LogP contribution in [0.5, 0.6) is 0 Å². The molecule has 0 spiro atoms. The van der Waals surface area contributed by atoms with E-state index in [0.717, 1.165) is 73.1 Å². The molecule has 0 saturated carbocycles. The Morgan fingerprint density at radius 3 is 1.67 bits per heavy atom. The molecular formula is C56H34BF3N4. The summed E-state index contributed by atoms with van der Waals surface area (Å²) < 4.78 is 45.0. The van der Waals surface area contributed by atoms with Crippen LogP contribution in [0, 0.1) is 11.3 Å². The molecule has 0 saturated heterocycles. The average Bonchev–Trinajstić information content (AvgIpc) is 3.67. The number of anilines is 6. The van der Waals surface area contributed by atoms with Gasteiger partial charge in [-0.2, -0.15) is 18.4 Å². The maximum Gasteiger partial charge on any atom is 0.416 e. The summed E-state index contributed by atoms with van der Waals surface area (Å²) in [6.07, 6.45) is -4.56. The van der Waals surface area contributed by atoms with E-state index in [1.807, 2.05) is 34.9 Å². The standard InChI is InChI=1S/C56H34BF3N4/c58-56(59,60)40-27-29-49(44(34-40)38-15-13-14-36(30-38)35-61)64-48-23-10-7-20-43(48)45-31-37(26-28-50(45)64)39-32-53-55-54(33-39)63(42-18-5-2-6-19-42)52-25-12-9-22-47(52)57(55)46-21-8-11-24-51(46)62(53)41-16-3-1-4-17-41/h1-34H. The molecule has 0 aliphatic carbocycles. The van der Waals surface area contributed by atoms with E-state index in [2.05, 4.69) is 149 Å². The Balaban J connectivity index is 1.12. The molecule has 64 heavy (non-hydrogen) atoms. The normalized spacial score (nSPS) is 12.8. The fourth-order valence-electron chi connectivity index (χ4n) is 10.1. The van der Waals surface area contributed by atoms with Gasteiger partial charge in [-0.05, 0) is 130 Å². The van der Waals surface area contributed by atoms with Crippen LogP contribution in [0.4, 0.5) is 47.3 Å². The summed E-state index contributed by atoms with van der Waals surface area (Å²) in [6.45, 7) is -0.0152. The lowest BCUT2D eigenvalue weighted by Crippen LogP contribution is -2.61. The predicted octanol–water partition coefficient (Wildman–Crippen LogP) is 13.1. The molecule has 0 bridgehead atoms. The summed E-state index contributed by atoms with van der Waals surface area (Å²) in [6, 6.07) is 70.4. The lowest BCUT2D eigenvalue weighted by molar-refractivity contribution is -0.137. The van der Waals surface area contributed by atoms with Gasteiger partial charge in [0.2, 0.25) is 0 Å². The van der Waals surface area contributed by atoms with Crippen molar-refractivity contribution in [1.82, 2.24) is 4.57 Å². The third kappa shape index (κ3) is 5.78. The molecule has 0 radical (unpaired) electrons. The van der Waals surface area contributed by atoms with E-state index in [4.69, 9.17) is 0 Å². The maximum atomic E-state index is 14.3. The van der Waals surface area contributed by atoms with Gasteiger partial charge in [-0.15, -0.1) is 0 Å². The molecule has 0 amide bonds. The average molecular weight is 831 g/mol. The molecule has 1 aromatic heterocycles. The second-order valence-electron chi connectivity index (χ2n) is 16.3. The monoisotopic (exact) mass is 830 g/mol. The van der Waals surface area contributed by atoms with Crippen LogP contribution in [0.15, 0.2) is 206 Å². The minimum absolute atomic E-state index is 0.0152. The second-order valence-corrected chi connectivity index (χ2v) is 16.3. The van der Waals surface area contributed by atoms with Crippen molar-refractivity contribution in [3.05, 3.63) is 217 Å². The number of hydrogen-bond acceptors (Lipinski definition) is 3. The molecule has 4 nitrogen and oxygen atoms in total. The Labute approximate surface area is 368 Å². The highest BCUT2D eigenvalue weighted by Crippen LogP contribution is 2.47. The summed E-state index contributed by atoms with van der Waals surface area (Å²) in [5.74, 6) is 0. The van der Waals surface area contributed by atoms with Crippen molar-refractivity contribution in [2.75, 3.05) is 9.80 Å². The number of nitrogens with zero attached hydrogens (tertiary/aromatic N) is 4. The molecule has 0 fully saturated rings. The Kier molecular flexibility index (Phi) is 8.44. The smallest absolute Gasteiger partial charge is 0.311 e. The highest BCUT2D eigenvalue weighted by atomic mass is 19.4. The van der Waals surface area contributed by atoms with Crippen molar-refractivity contribution in [3.8, 4) is 34.0 Å². The van der Waals surface area contributed by atoms with E-state index in [1.165, 1.54) is 22.5 Å². The van der Waals surface area contributed by atoms with E-state index < -0.39 is 11.7 Å². The SMILES string of the molecule is N#Cc1cccc(-c2cc(C(F)(F)F)ccc2-n2c3ccccc3c3cc(-c4cc5c6c(c4)N(c4ccccc4)c4ccccc4B6c4ccccc4N5c4ccccc4)ccc32)c1. The summed E-state index contributed by atoms with van der Waals surface area (Å²) in [7, 11) is 0. The fourth-order valence-corrected chi connectivity index (χ4v) is 10.1. The van der Waals surface area contributed by atoms with Crippen molar-refractivity contribution in [3.63, 3.8) is 0 Å². The van der Waals surface area contributed by atoms with Crippen LogP contribution in [0.3, 0.4) is 0 Å². The molecule has 302 valence electrons. The first-order valence-electron chi connectivity index (χ1n) is 21.2. The Morgan fingerprint density at radius 2 is 1.03 bits per heavy atom. The van der Waals surface area contributed by atoms with Crippen LogP contribution in [0.25, 0.3) is 49.7 Å². The molecule has 9 aromatic carbocycles. The van der Waals surface area contributed by atoms with Gasteiger partial charge in [-0.3, -0.25) is 0 Å². The van der Waals surface area contributed by atoms with Crippen molar-refractivity contribution in [1.29, 1.82) is 5.26 Å². The van der Waals surface area contributed by atoms with E-state index in [9.17, 15) is 18.4 Å². The number of alkyl halides is 3. The molecule has 0 unspecified atom stereocenters. The largest absolute Gasteiger partial charge is 0.416 e. The zero-order valence-corrected chi connectivity index (χ0v) is 34.1. The molecule has 0 atom stereocenters. The van der Waals surface area contributed by atoms with Crippen molar-refractivity contribution in [2.45, 2.75) is 6.18 Å². The summed E-state index contributed by atoms with van der Waals surface area (Å²) in [4.78, 5) is 4.78. The van der Waals surface area contributed by atoms with Gasteiger partial charge in [0.05, 0.1) is 33.9 Å². The first kappa shape index (κ1) is 37.5. The first-order chi connectivity index (χ1) is 31.4. The van der Waals surface area contributed by atoms with Crippen LogP contribution < -0.4 is 26.2 Å². The molecule has 3 heterocycles. The number of nitriles is 1. The van der Waals surface area contributed by atoms with E-state index in [0.29, 0.717) is 22.4 Å². The van der Waals surface area contributed by atoms with Crippen molar-refractivity contribution >= 4 is 79.0 Å². The van der Waals surface area contributed by atoms with Crippen LogP contribution >= 0.6 is 0 Å². The van der Waals surface area contributed by atoms with Crippen LogP contribution in [-0.2, 0) is 6.18 Å². The number of halogens is 3. The molecule has 2 aliphatic heterocycles.